The second-order valence-corrected chi connectivity index (χ2v) is 11.3. The first-order valence-corrected chi connectivity index (χ1v) is 13.1. The predicted octanol–water partition coefficient (Wildman–Crippen LogP) is 6.52. The maximum atomic E-state index is 12.8. The van der Waals surface area contributed by atoms with Crippen LogP contribution in [0.5, 0.6) is 0 Å². The average Bonchev–Trinajstić information content (AvgIpc) is 2.96. The van der Waals surface area contributed by atoms with E-state index in [0.29, 0.717) is 24.0 Å². The first-order chi connectivity index (χ1) is 17.2. The van der Waals surface area contributed by atoms with E-state index in [1.165, 1.54) is 11.6 Å². The number of nitrogens with zero attached hydrogens (tertiary/aromatic N) is 2. The third-order valence-electron chi connectivity index (χ3n) is 6.87. The third-order valence-corrected chi connectivity index (χ3v) is 7.10. The van der Waals surface area contributed by atoms with Crippen LogP contribution in [0.4, 0.5) is 0 Å². The Balaban J connectivity index is 1.69. The van der Waals surface area contributed by atoms with Crippen LogP contribution in [0.15, 0.2) is 48.7 Å². The Hall–Kier alpha value is -2.92. The maximum Gasteiger partial charge on any atom is 0.330 e. The Morgan fingerprint density at radius 1 is 1.19 bits per heavy atom. The molecule has 6 heteroatoms. The number of halogens is 1. The van der Waals surface area contributed by atoms with Crippen molar-refractivity contribution in [1.29, 1.82) is 0 Å². The molecule has 0 spiro atoms. The summed E-state index contributed by atoms with van der Waals surface area (Å²) in [5, 5.41) is 0.666. The van der Waals surface area contributed by atoms with Crippen molar-refractivity contribution in [1.82, 2.24) is 9.88 Å². The Morgan fingerprint density at radius 2 is 1.94 bits per heavy atom. The standard InChI is InChI=1S/C30H35ClN2O3/c1-5-36-27(35)11-8-21-17-22-18-23(31)9-10-24(22)28(29-25(21)7-6-14-32-29)20-12-15-33(16-13-20)26(34)19-30(2,3)4/h6-11,14,17-18,20,28H,5,12-13,15-16,19H2,1-4H3/b11-8+. The Kier molecular flexibility index (Phi) is 7.99. The molecule has 1 aliphatic carbocycles. The maximum absolute atomic E-state index is 12.8. The van der Waals surface area contributed by atoms with Gasteiger partial charge < -0.3 is 9.64 Å². The Bertz CT molecular complexity index is 1190. The number of allylic oxidation sites excluding steroid dienone is 2. The molecule has 0 saturated carbocycles. The largest absolute Gasteiger partial charge is 0.463 e. The molecule has 1 aromatic carbocycles. The summed E-state index contributed by atoms with van der Waals surface area (Å²) in [6, 6.07) is 10.0. The molecule has 190 valence electrons. The summed E-state index contributed by atoms with van der Waals surface area (Å²) in [4.78, 5) is 31.8. The van der Waals surface area contributed by atoms with Gasteiger partial charge in [0.05, 0.1) is 12.3 Å². The number of piperidine rings is 1. The van der Waals surface area contributed by atoms with Gasteiger partial charge in [-0.2, -0.15) is 0 Å². The van der Waals surface area contributed by atoms with Gasteiger partial charge in [0.1, 0.15) is 0 Å². The Morgan fingerprint density at radius 3 is 2.64 bits per heavy atom. The number of pyridine rings is 1. The van der Waals surface area contributed by atoms with E-state index in [0.717, 1.165) is 48.3 Å². The number of fused-ring (bicyclic) bond motifs is 2. The number of esters is 1. The molecule has 1 aliphatic heterocycles. The summed E-state index contributed by atoms with van der Waals surface area (Å²) in [6.07, 6.45) is 9.57. The monoisotopic (exact) mass is 506 g/mol. The molecule has 1 saturated heterocycles. The van der Waals surface area contributed by atoms with Crippen molar-refractivity contribution < 1.29 is 14.3 Å². The summed E-state index contributed by atoms with van der Waals surface area (Å²) >= 11 is 6.42. The van der Waals surface area contributed by atoms with Crippen LogP contribution in [0.3, 0.4) is 0 Å². The topological polar surface area (TPSA) is 59.5 Å². The van der Waals surface area contributed by atoms with Gasteiger partial charge >= 0.3 is 5.97 Å². The number of rotatable bonds is 5. The highest BCUT2D eigenvalue weighted by Gasteiger charge is 2.35. The zero-order valence-corrected chi connectivity index (χ0v) is 22.3. The molecular weight excluding hydrogens is 472 g/mol. The normalized spacial score (nSPS) is 18.3. The lowest BCUT2D eigenvalue weighted by Crippen LogP contribution is -2.41. The second kappa shape index (κ2) is 11.0. The fraction of sp³-hybridized carbons (Fsp3) is 0.433. The van der Waals surface area contributed by atoms with Gasteiger partial charge in [0, 0.05) is 48.3 Å². The van der Waals surface area contributed by atoms with Crippen molar-refractivity contribution in [3.63, 3.8) is 0 Å². The SMILES string of the molecule is CCOC(=O)/C=C/C1=Cc2cc(Cl)ccc2C(C2CCN(C(=O)CC(C)(C)C)CC2)c2ncccc21. The number of carbonyl (C=O) groups excluding carboxylic acids is 2. The van der Waals surface area contributed by atoms with E-state index < -0.39 is 0 Å². The summed E-state index contributed by atoms with van der Waals surface area (Å²) in [6.45, 7) is 9.95. The third kappa shape index (κ3) is 6.07. The van der Waals surface area contributed by atoms with Crippen molar-refractivity contribution in [2.75, 3.05) is 19.7 Å². The van der Waals surface area contributed by atoms with E-state index in [-0.39, 0.29) is 23.2 Å². The molecule has 5 nitrogen and oxygen atoms in total. The van der Waals surface area contributed by atoms with E-state index in [2.05, 4.69) is 39.0 Å². The zero-order valence-electron chi connectivity index (χ0n) is 21.6. The molecule has 2 heterocycles. The van der Waals surface area contributed by atoms with Crippen LogP contribution in [-0.2, 0) is 14.3 Å². The minimum absolute atomic E-state index is 0.0184. The molecule has 1 amide bonds. The minimum atomic E-state index is -0.372. The summed E-state index contributed by atoms with van der Waals surface area (Å²) in [5.74, 6) is 0.265. The van der Waals surface area contributed by atoms with Gasteiger partial charge in [-0.25, -0.2) is 4.79 Å². The van der Waals surface area contributed by atoms with Crippen LogP contribution in [0, 0.1) is 11.3 Å². The van der Waals surface area contributed by atoms with Crippen molar-refractivity contribution in [3.05, 3.63) is 76.1 Å². The van der Waals surface area contributed by atoms with Crippen molar-refractivity contribution in [2.45, 2.75) is 52.9 Å². The first kappa shape index (κ1) is 26.2. The lowest BCUT2D eigenvalue weighted by molar-refractivity contribution is -0.137. The quantitative estimate of drug-likeness (QED) is 0.342. The van der Waals surface area contributed by atoms with Crippen LogP contribution < -0.4 is 0 Å². The van der Waals surface area contributed by atoms with Crippen LogP contribution in [0.25, 0.3) is 11.6 Å². The molecule has 0 bridgehead atoms. The number of ether oxygens (including phenoxy) is 1. The van der Waals surface area contributed by atoms with E-state index in [1.54, 1.807) is 13.0 Å². The molecule has 0 radical (unpaired) electrons. The van der Waals surface area contributed by atoms with Gasteiger partial charge in [-0.15, -0.1) is 0 Å². The van der Waals surface area contributed by atoms with E-state index in [9.17, 15) is 9.59 Å². The summed E-state index contributed by atoms with van der Waals surface area (Å²) in [7, 11) is 0. The number of amides is 1. The number of benzene rings is 1. The van der Waals surface area contributed by atoms with Gasteiger partial charge in [-0.3, -0.25) is 9.78 Å². The summed E-state index contributed by atoms with van der Waals surface area (Å²) < 4.78 is 5.09. The highest BCUT2D eigenvalue weighted by Crippen LogP contribution is 2.45. The molecule has 1 aromatic heterocycles. The van der Waals surface area contributed by atoms with Crippen molar-refractivity contribution in [2.24, 2.45) is 11.3 Å². The van der Waals surface area contributed by atoms with E-state index in [4.69, 9.17) is 21.3 Å². The van der Waals surface area contributed by atoms with Crippen LogP contribution in [0.1, 0.15) is 75.3 Å². The molecule has 36 heavy (non-hydrogen) atoms. The molecular formula is C30H35ClN2O3. The van der Waals surface area contributed by atoms with E-state index in [1.807, 2.05) is 29.3 Å². The Labute approximate surface area is 219 Å². The van der Waals surface area contributed by atoms with Crippen molar-refractivity contribution in [3.8, 4) is 0 Å². The second-order valence-electron chi connectivity index (χ2n) is 10.8. The number of aromatic nitrogens is 1. The molecule has 2 aliphatic rings. The lowest BCUT2D eigenvalue weighted by Gasteiger charge is -2.37. The first-order valence-electron chi connectivity index (χ1n) is 12.8. The van der Waals surface area contributed by atoms with Gasteiger partial charge in [0.2, 0.25) is 5.91 Å². The van der Waals surface area contributed by atoms with E-state index >= 15 is 0 Å². The molecule has 1 unspecified atom stereocenters. The van der Waals surface area contributed by atoms with Gasteiger partial charge in [-0.05, 0) is 78.1 Å². The van der Waals surface area contributed by atoms with Crippen LogP contribution >= 0.6 is 11.6 Å². The molecule has 1 atom stereocenters. The molecule has 2 aromatic rings. The number of likely N-dealkylation sites (tertiary alicyclic amines) is 1. The zero-order chi connectivity index (χ0) is 25.9. The van der Waals surface area contributed by atoms with Gasteiger partial charge in [0.25, 0.3) is 0 Å². The highest BCUT2D eigenvalue weighted by atomic mass is 35.5. The van der Waals surface area contributed by atoms with Gasteiger partial charge in [-0.1, -0.05) is 44.5 Å². The van der Waals surface area contributed by atoms with Gasteiger partial charge in [0.15, 0.2) is 0 Å². The smallest absolute Gasteiger partial charge is 0.330 e. The number of hydrogen-bond donors (Lipinski definition) is 0. The molecule has 4 rings (SSSR count). The lowest BCUT2D eigenvalue weighted by atomic mass is 9.76. The van der Waals surface area contributed by atoms with Crippen LogP contribution in [-0.4, -0.2) is 41.5 Å². The minimum Gasteiger partial charge on any atom is -0.463 e. The fourth-order valence-corrected chi connectivity index (χ4v) is 5.45. The number of hydrogen-bond acceptors (Lipinski definition) is 4. The predicted molar refractivity (Wildman–Crippen MR) is 145 cm³/mol. The molecule has 0 N–H and O–H groups in total. The van der Waals surface area contributed by atoms with Crippen LogP contribution in [0.2, 0.25) is 5.02 Å². The molecule has 1 fully saturated rings. The fourth-order valence-electron chi connectivity index (χ4n) is 5.27. The average molecular weight is 507 g/mol. The number of carbonyl (C=O) groups is 2. The van der Waals surface area contributed by atoms with Crippen molar-refractivity contribution >= 4 is 35.1 Å². The summed E-state index contributed by atoms with van der Waals surface area (Å²) in [5.41, 5.74) is 5.09. The highest BCUT2D eigenvalue weighted by molar-refractivity contribution is 6.30.